The van der Waals surface area contributed by atoms with E-state index in [1.54, 1.807) is 0 Å². The number of benzene rings is 1. The lowest BCUT2D eigenvalue weighted by atomic mass is 10.2. The van der Waals surface area contributed by atoms with E-state index in [0.717, 1.165) is 12.8 Å². The molecule has 0 aliphatic carbocycles. The molecule has 1 aromatic rings. The lowest BCUT2D eigenvalue weighted by molar-refractivity contribution is 0.0697. The van der Waals surface area contributed by atoms with Crippen molar-refractivity contribution in [3.05, 3.63) is 23.8 Å². The maximum atomic E-state index is 12.2. The summed E-state index contributed by atoms with van der Waals surface area (Å²) in [5.41, 5.74) is 0.115. The number of hydrogen-bond acceptors (Lipinski definition) is 4. The van der Waals surface area contributed by atoms with E-state index >= 15 is 0 Å². The largest absolute Gasteiger partial charge is 0.495 e. The molecule has 2 N–H and O–H groups in total. The van der Waals surface area contributed by atoms with Crippen molar-refractivity contribution >= 4 is 21.9 Å². The zero-order chi connectivity index (χ0) is 14.8. The first-order valence-electron chi connectivity index (χ1n) is 6.13. The van der Waals surface area contributed by atoms with Gasteiger partial charge >= 0.3 is 16.2 Å². The van der Waals surface area contributed by atoms with Crippen LogP contribution in [0.1, 0.15) is 23.2 Å². The molecule has 0 amide bonds. The summed E-state index contributed by atoms with van der Waals surface area (Å²) in [6.45, 7) is 0.937. The average Bonchev–Trinajstić information content (AvgIpc) is 2.92. The van der Waals surface area contributed by atoms with E-state index in [0.29, 0.717) is 13.1 Å². The van der Waals surface area contributed by atoms with Crippen LogP contribution in [0.25, 0.3) is 0 Å². The lowest BCUT2D eigenvalue weighted by Crippen LogP contribution is -2.33. The third-order valence-corrected chi connectivity index (χ3v) is 4.61. The van der Waals surface area contributed by atoms with E-state index in [2.05, 4.69) is 4.72 Å². The summed E-state index contributed by atoms with van der Waals surface area (Å²) in [5, 5.41) is 8.95. The predicted octanol–water partition coefficient (Wildman–Crippen LogP) is 1.15. The maximum absolute atomic E-state index is 12.2. The average molecular weight is 300 g/mol. The van der Waals surface area contributed by atoms with Gasteiger partial charge in [0, 0.05) is 13.1 Å². The zero-order valence-corrected chi connectivity index (χ0v) is 11.8. The predicted molar refractivity (Wildman–Crippen MR) is 73.3 cm³/mol. The van der Waals surface area contributed by atoms with Gasteiger partial charge in [0.2, 0.25) is 0 Å². The van der Waals surface area contributed by atoms with Gasteiger partial charge in [-0.25, -0.2) is 4.79 Å². The van der Waals surface area contributed by atoms with Crippen LogP contribution in [0.4, 0.5) is 5.69 Å². The first kappa shape index (κ1) is 14.6. The van der Waals surface area contributed by atoms with Crippen molar-refractivity contribution in [2.24, 2.45) is 0 Å². The van der Waals surface area contributed by atoms with Crippen molar-refractivity contribution in [2.75, 3.05) is 24.9 Å². The fourth-order valence-electron chi connectivity index (χ4n) is 2.05. The van der Waals surface area contributed by atoms with Gasteiger partial charge in [0.15, 0.2) is 0 Å². The van der Waals surface area contributed by atoms with Crippen LogP contribution in [0.2, 0.25) is 0 Å². The molecule has 1 aliphatic rings. The summed E-state index contributed by atoms with van der Waals surface area (Å²) in [4.78, 5) is 10.9. The normalized spacial score (nSPS) is 16.1. The fourth-order valence-corrected chi connectivity index (χ4v) is 3.36. The lowest BCUT2D eigenvalue weighted by Gasteiger charge is -2.18. The van der Waals surface area contributed by atoms with Crippen LogP contribution in [0.5, 0.6) is 5.75 Å². The molecule has 0 unspecified atom stereocenters. The van der Waals surface area contributed by atoms with E-state index < -0.39 is 16.2 Å². The number of hydrogen-bond donors (Lipinski definition) is 2. The number of aromatic carboxylic acids is 1. The molecule has 1 aliphatic heterocycles. The molecular formula is C12H16N2O5S. The Balaban J connectivity index is 2.31. The Morgan fingerprint density at radius 1 is 1.35 bits per heavy atom. The standard InChI is InChI=1S/C12H16N2O5S/c1-19-11-5-4-9(12(15)16)8-10(11)13-20(17,18)14-6-2-3-7-14/h4-5,8,13H,2-3,6-7H2,1H3,(H,15,16). The van der Waals surface area contributed by atoms with Crippen molar-refractivity contribution in [2.45, 2.75) is 12.8 Å². The second-order valence-electron chi connectivity index (χ2n) is 4.43. The summed E-state index contributed by atoms with van der Waals surface area (Å²) >= 11 is 0. The number of methoxy groups -OCH3 is 1. The fraction of sp³-hybridized carbons (Fsp3) is 0.417. The molecule has 0 spiro atoms. The highest BCUT2D eigenvalue weighted by Gasteiger charge is 2.26. The van der Waals surface area contributed by atoms with Crippen molar-refractivity contribution < 1.29 is 23.1 Å². The van der Waals surface area contributed by atoms with Gasteiger partial charge in [-0.3, -0.25) is 4.72 Å². The number of carbonyl (C=O) groups is 1. The molecule has 0 aromatic heterocycles. The van der Waals surface area contributed by atoms with E-state index in [1.165, 1.54) is 29.6 Å². The molecule has 0 atom stereocenters. The van der Waals surface area contributed by atoms with Crippen molar-refractivity contribution in [3.8, 4) is 5.75 Å². The molecule has 1 fully saturated rings. The van der Waals surface area contributed by atoms with Gasteiger partial charge < -0.3 is 9.84 Å². The third-order valence-electron chi connectivity index (χ3n) is 3.09. The highest BCUT2D eigenvalue weighted by molar-refractivity contribution is 7.90. The van der Waals surface area contributed by atoms with Crippen LogP contribution >= 0.6 is 0 Å². The summed E-state index contributed by atoms with van der Waals surface area (Å²) in [6.07, 6.45) is 1.65. The minimum absolute atomic E-state index is 0.00933. The Kier molecular flexibility index (Phi) is 4.15. The van der Waals surface area contributed by atoms with Crippen molar-refractivity contribution in [3.63, 3.8) is 0 Å². The smallest absolute Gasteiger partial charge is 0.335 e. The summed E-state index contributed by atoms with van der Waals surface area (Å²) in [5.74, 6) is -0.855. The van der Waals surface area contributed by atoms with Gasteiger partial charge in [0.25, 0.3) is 0 Å². The van der Waals surface area contributed by atoms with Gasteiger partial charge in [0.05, 0.1) is 18.4 Å². The number of carboxylic acid groups (broad SMARTS) is 1. The molecule has 1 saturated heterocycles. The molecule has 1 heterocycles. The summed E-state index contributed by atoms with van der Waals surface area (Å²) < 4.78 is 33.1. The van der Waals surface area contributed by atoms with E-state index in [4.69, 9.17) is 9.84 Å². The minimum Gasteiger partial charge on any atom is -0.495 e. The number of rotatable bonds is 5. The molecule has 0 bridgehead atoms. The molecule has 20 heavy (non-hydrogen) atoms. The molecular weight excluding hydrogens is 284 g/mol. The second kappa shape index (κ2) is 5.68. The van der Waals surface area contributed by atoms with Gasteiger partial charge in [-0.2, -0.15) is 12.7 Å². The molecule has 0 radical (unpaired) electrons. The Hall–Kier alpha value is -1.80. The van der Waals surface area contributed by atoms with Gasteiger partial charge in [-0.1, -0.05) is 0 Å². The zero-order valence-electron chi connectivity index (χ0n) is 11.0. The van der Waals surface area contributed by atoms with Gasteiger partial charge in [-0.15, -0.1) is 0 Å². The summed E-state index contributed by atoms with van der Waals surface area (Å²) in [6, 6.07) is 4.02. The monoisotopic (exact) mass is 300 g/mol. The molecule has 8 heteroatoms. The number of nitrogens with one attached hydrogen (secondary N) is 1. The number of carboxylic acids is 1. The highest BCUT2D eigenvalue weighted by Crippen LogP contribution is 2.27. The van der Waals surface area contributed by atoms with E-state index in [9.17, 15) is 13.2 Å². The SMILES string of the molecule is COc1ccc(C(=O)O)cc1NS(=O)(=O)N1CCCC1. The Bertz CT molecular complexity index is 608. The molecule has 110 valence electrons. The third kappa shape index (κ3) is 3.02. The van der Waals surface area contributed by atoms with Crippen LogP contribution in [-0.2, 0) is 10.2 Å². The maximum Gasteiger partial charge on any atom is 0.335 e. The number of nitrogens with zero attached hydrogens (tertiary/aromatic N) is 1. The Morgan fingerprint density at radius 2 is 2.00 bits per heavy atom. The quantitative estimate of drug-likeness (QED) is 0.850. The van der Waals surface area contributed by atoms with Crippen LogP contribution < -0.4 is 9.46 Å². The summed E-state index contributed by atoms with van der Waals surface area (Å²) in [7, 11) is -2.29. The highest BCUT2D eigenvalue weighted by atomic mass is 32.2. The Morgan fingerprint density at radius 3 is 2.55 bits per heavy atom. The number of ether oxygens (including phenoxy) is 1. The second-order valence-corrected chi connectivity index (χ2v) is 6.10. The van der Waals surface area contributed by atoms with E-state index in [-0.39, 0.29) is 17.0 Å². The van der Waals surface area contributed by atoms with E-state index in [1.807, 2.05) is 0 Å². The molecule has 2 rings (SSSR count). The van der Waals surface area contributed by atoms with Gasteiger partial charge in [-0.05, 0) is 31.0 Å². The number of anilines is 1. The van der Waals surface area contributed by atoms with Crippen LogP contribution in [0, 0.1) is 0 Å². The molecule has 7 nitrogen and oxygen atoms in total. The molecule has 1 aromatic carbocycles. The first-order valence-corrected chi connectivity index (χ1v) is 7.57. The molecule has 0 saturated carbocycles. The topological polar surface area (TPSA) is 95.9 Å². The van der Waals surface area contributed by atoms with Crippen LogP contribution in [-0.4, -0.2) is 44.0 Å². The van der Waals surface area contributed by atoms with Gasteiger partial charge in [0.1, 0.15) is 5.75 Å². The first-order chi connectivity index (χ1) is 9.44. The van der Waals surface area contributed by atoms with Crippen LogP contribution in [0.3, 0.4) is 0 Å². The van der Waals surface area contributed by atoms with Crippen molar-refractivity contribution in [1.29, 1.82) is 0 Å². The minimum atomic E-state index is -3.68. The van der Waals surface area contributed by atoms with Crippen LogP contribution in [0.15, 0.2) is 18.2 Å². The van der Waals surface area contributed by atoms with Crippen molar-refractivity contribution in [1.82, 2.24) is 4.31 Å². The Labute approximate surface area is 117 Å².